The number of hydrogen-bond donors (Lipinski definition) is 1. The van der Waals surface area contributed by atoms with Crippen molar-refractivity contribution in [2.24, 2.45) is 0 Å². The highest BCUT2D eigenvalue weighted by atomic mass is 16.5. The van der Waals surface area contributed by atoms with Crippen LogP contribution in [0.3, 0.4) is 0 Å². The van der Waals surface area contributed by atoms with Crippen LogP contribution in [-0.2, 0) is 0 Å². The molecule has 1 aromatic carbocycles. The van der Waals surface area contributed by atoms with E-state index in [0.29, 0.717) is 12.0 Å². The average molecular weight is 219 g/mol. The largest absolute Gasteiger partial charge is 0.489 e. The van der Waals surface area contributed by atoms with Crippen LogP contribution in [0.15, 0.2) is 24.3 Å². The van der Waals surface area contributed by atoms with Crippen molar-refractivity contribution in [2.75, 3.05) is 13.1 Å². The number of benzene rings is 1. The minimum Gasteiger partial charge on any atom is -0.489 e. The molecule has 0 aliphatic carbocycles. The summed E-state index contributed by atoms with van der Waals surface area (Å²) in [4.78, 5) is 0. The highest BCUT2D eigenvalue weighted by molar-refractivity contribution is 5.30. The Labute approximate surface area is 98.0 Å². The fraction of sp³-hybridized carbons (Fsp3) is 0.571. The van der Waals surface area contributed by atoms with Crippen LogP contribution in [0.1, 0.15) is 38.2 Å². The molecule has 0 radical (unpaired) electrons. The van der Waals surface area contributed by atoms with Crippen LogP contribution < -0.4 is 10.1 Å². The number of ether oxygens (including phenoxy) is 1. The topological polar surface area (TPSA) is 21.3 Å². The molecule has 1 aliphatic rings. The van der Waals surface area contributed by atoms with Crippen molar-refractivity contribution in [3.63, 3.8) is 0 Å². The van der Waals surface area contributed by atoms with Crippen molar-refractivity contribution in [1.82, 2.24) is 5.32 Å². The standard InChI is InChI=1S/C14H21NO/c1-11(2)12-5-3-6-13(9-12)16-14-7-4-8-15-10-14/h3,5-6,9,11,14-15H,4,7-8,10H2,1-2H3. The molecule has 0 saturated carbocycles. The highest BCUT2D eigenvalue weighted by Gasteiger charge is 2.14. The Balaban J connectivity index is 2.00. The fourth-order valence-electron chi connectivity index (χ4n) is 2.06. The molecular formula is C14H21NO. The number of piperidine rings is 1. The van der Waals surface area contributed by atoms with Gasteiger partial charge in [0, 0.05) is 6.54 Å². The van der Waals surface area contributed by atoms with Gasteiger partial charge in [0.2, 0.25) is 0 Å². The zero-order valence-electron chi connectivity index (χ0n) is 10.2. The van der Waals surface area contributed by atoms with Crippen LogP contribution in [0.4, 0.5) is 0 Å². The van der Waals surface area contributed by atoms with E-state index in [0.717, 1.165) is 18.8 Å². The first-order valence-electron chi connectivity index (χ1n) is 6.23. The number of rotatable bonds is 3. The van der Waals surface area contributed by atoms with Crippen molar-refractivity contribution in [2.45, 2.75) is 38.7 Å². The van der Waals surface area contributed by atoms with E-state index in [4.69, 9.17) is 4.74 Å². The van der Waals surface area contributed by atoms with E-state index in [1.807, 2.05) is 0 Å². The van der Waals surface area contributed by atoms with Gasteiger partial charge in [-0.15, -0.1) is 0 Å². The quantitative estimate of drug-likeness (QED) is 0.844. The van der Waals surface area contributed by atoms with Crippen LogP contribution in [0.5, 0.6) is 5.75 Å². The molecule has 1 heterocycles. The smallest absolute Gasteiger partial charge is 0.120 e. The van der Waals surface area contributed by atoms with Gasteiger partial charge in [-0.1, -0.05) is 26.0 Å². The molecule has 1 saturated heterocycles. The van der Waals surface area contributed by atoms with Gasteiger partial charge < -0.3 is 10.1 Å². The summed E-state index contributed by atoms with van der Waals surface area (Å²) in [5, 5.41) is 3.37. The Morgan fingerprint density at radius 3 is 2.94 bits per heavy atom. The molecule has 0 aromatic heterocycles. The van der Waals surface area contributed by atoms with E-state index >= 15 is 0 Å². The Hall–Kier alpha value is -1.02. The van der Waals surface area contributed by atoms with E-state index in [2.05, 4.69) is 43.4 Å². The molecule has 1 aliphatic heterocycles. The van der Waals surface area contributed by atoms with E-state index in [9.17, 15) is 0 Å². The third-order valence-electron chi connectivity index (χ3n) is 3.08. The monoisotopic (exact) mass is 219 g/mol. The van der Waals surface area contributed by atoms with Gasteiger partial charge >= 0.3 is 0 Å². The van der Waals surface area contributed by atoms with Crippen molar-refractivity contribution in [3.8, 4) is 5.75 Å². The van der Waals surface area contributed by atoms with Crippen molar-refractivity contribution < 1.29 is 4.74 Å². The molecular weight excluding hydrogens is 198 g/mol. The third kappa shape index (κ3) is 2.99. The molecule has 1 N–H and O–H groups in total. The molecule has 2 heteroatoms. The summed E-state index contributed by atoms with van der Waals surface area (Å²) in [7, 11) is 0. The normalized spacial score (nSPS) is 21.1. The molecule has 1 fully saturated rings. The second-order valence-corrected chi connectivity index (χ2v) is 4.81. The first kappa shape index (κ1) is 11.5. The third-order valence-corrected chi connectivity index (χ3v) is 3.08. The maximum Gasteiger partial charge on any atom is 0.120 e. The fourth-order valence-corrected chi connectivity index (χ4v) is 2.06. The summed E-state index contributed by atoms with van der Waals surface area (Å²) in [5.74, 6) is 1.58. The summed E-state index contributed by atoms with van der Waals surface area (Å²) >= 11 is 0. The van der Waals surface area contributed by atoms with Gasteiger partial charge in [0.25, 0.3) is 0 Å². The van der Waals surface area contributed by atoms with Gasteiger partial charge in [-0.3, -0.25) is 0 Å². The predicted molar refractivity (Wildman–Crippen MR) is 67.1 cm³/mol. The lowest BCUT2D eigenvalue weighted by Crippen LogP contribution is -2.37. The Morgan fingerprint density at radius 1 is 1.38 bits per heavy atom. The minimum absolute atomic E-state index is 0.344. The van der Waals surface area contributed by atoms with Crippen LogP contribution in [-0.4, -0.2) is 19.2 Å². The Morgan fingerprint density at radius 2 is 2.25 bits per heavy atom. The molecule has 2 nitrogen and oxygen atoms in total. The average Bonchev–Trinajstić information content (AvgIpc) is 2.30. The minimum atomic E-state index is 0.344. The summed E-state index contributed by atoms with van der Waals surface area (Å²) in [5.41, 5.74) is 1.35. The van der Waals surface area contributed by atoms with Gasteiger partial charge in [0.1, 0.15) is 11.9 Å². The molecule has 88 valence electrons. The second kappa shape index (κ2) is 5.35. The lowest BCUT2D eigenvalue weighted by molar-refractivity contribution is 0.167. The number of nitrogens with one attached hydrogen (secondary N) is 1. The summed E-state index contributed by atoms with van der Waals surface area (Å²) < 4.78 is 5.98. The lowest BCUT2D eigenvalue weighted by Gasteiger charge is -2.24. The molecule has 1 atom stereocenters. The van der Waals surface area contributed by atoms with Crippen LogP contribution in [0, 0.1) is 0 Å². The van der Waals surface area contributed by atoms with Crippen LogP contribution >= 0.6 is 0 Å². The predicted octanol–water partition coefficient (Wildman–Crippen LogP) is 2.94. The first-order chi connectivity index (χ1) is 7.75. The first-order valence-corrected chi connectivity index (χ1v) is 6.23. The van der Waals surface area contributed by atoms with Gasteiger partial charge in [0.05, 0.1) is 0 Å². The zero-order valence-corrected chi connectivity index (χ0v) is 10.2. The summed E-state index contributed by atoms with van der Waals surface area (Å²) in [6.07, 6.45) is 2.73. The maximum atomic E-state index is 5.98. The SMILES string of the molecule is CC(C)c1cccc(OC2CCCNC2)c1. The van der Waals surface area contributed by atoms with E-state index in [1.165, 1.54) is 18.4 Å². The molecule has 1 aromatic rings. The Bertz CT molecular complexity index is 329. The molecule has 16 heavy (non-hydrogen) atoms. The molecule has 2 rings (SSSR count). The zero-order chi connectivity index (χ0) is 11.4. The second-order valence-electron chi connectivity index (χ2n) is 4.81. The van der Waals surface area contributed by atoms with Gasteiger partial charge in [-0.05, 0) is 43.0 Å². The van der Waals surface area contributed by atoms with Crippen molar-refractivity contribution >= 4 is 0 Å². The van der Waals surface area contributed by atoms with Gasteiger partial charge in [-0.2, -0.15) is 0 Å². The molecule has 0 amide bonds. The molecule has 0 bridgehead atoms. The van der Waals surface area contributed by atoms with Crippen LogP contribution in [0.25, 0.3) is 0 Å². The molecule has 1 unspecified atom stereocenters. The van der Waals surface area contributed by atoms with Crippen molar-refractivity contribution in [1.29, 1.82) is 0 Å². The maximum absolute atomic E-state index is 5.98. The van der Waals surface area contributed by atoms with Gasteiger partial charge in [-0.25, -0.2) is 0 Å². The molecule has 0 spiro atoms. The summed E-state index contributed by atoms with van der Waals surface area (Å²) in [6, 6.07) is 8.47. The van der Waals surface area contributed by atoms with E-state index in [1.54, 1.807) is 0 Å². The van der Waals surface area contributed by atoms with Crippen LogP contribution in [0.2, 0.25) is 0 Å². The highest BCUT2D eigenvalue weighted by Crippen LogP contribution is 2.22. The lowest BCUT2D eigenvalue weighted by atomic mass is 10.0. The summed E-state index contributed by atoms with van der Waals surface area (Å²) in [6.45, 7) is 6.53. The van der Waals surface area contributed by atoms with E-state index in [-0.39, 0.29) is 0 Å². The van der Waals surface area contributed by atoms with Gasteiger partial charge in [0.15, 0.2) is 0 Å². The Kier molecular flexibility index (Phi) is 3.83. The van der Waals surface area contributed by atoms with Crippen molar-refractivity contribution in [3.05, 3.63) is 29.8 Å². The van der Waals surface area contributed by atoms with E-state index < -0.39 is 0 Å². The number of hydrogen-bond acceptors (Lipinski definition) is 2.